The molecule has 0 radical (unpaired) electrons. The normalized spacial score (nSPS) is 22.7. The highest BCUT2D eigenvalue weighted by molar-refractivity contribution is 5.66. The van der Waals surface area contributed by atoms with Crippen molar-refractivity contribution >= 4 is 5.97 Å². The molecule has 1 rings (SSSR count). The number of alkyl halides is 3. The highest BCUT2D eigenvalue weighted by atomic mass is 19.4. The number of carboxylic acid groups (broad SMARTS) is 1. The van der Waals surface area contributed by atoms with E-state index in [0.29, 0.717) is 19.4 Å². The Morgan fingerprint density at radius 1 is 1.47 bits per heavy atom. The van der Waals surface area contributed by atoms with Gasteiger partial charge < -0.3 is 5.11 Å². The lowest BCUT2D eigenvalue weighted by Gasteiger charge is -2.36. The van der Waals surface area contributed by atoms with Gasteiger partial charge in [0, 0.05) is 19.0 Å². The van der Waals surface area contributed by atoms with Gasteiger partial charge in [-0.15, -0.1) is 0 Å². The maximum Gasteiger partial charge on any atom is 0.405 e. The molecule has 1 aliphatic heterocycles. The van der Waals surface area contributed by atoms with Gasteiger partial charge in [0.05, 0.1) is 6.07 Å². The van der Waals surface area contributed by atoms with E-state index in [1.54, 1.807) is 4.90 Å². The molecule has 1 fully saturated rings. The quantitative estimate of drug-likeness (QED) is 0.838. The van der Waals surface area contributed by atoms with E-state index in [1.165, 1.54) is 6.07 Å². The van der Waals surface area contributed by atoms with E-state index >= 15 is 0 Å². The Labute approximate surface area is 109 Å². The molecule has 0 aromatic rings. The number of aliphatic carboxylic acids is 1. The zero-order chi connectivity index (χ0) is 14.5. The predicted octanol–water partition coefficient (Wildman–Crippen LogP) is 2.41. The van der Waals surface area contributed by atoms with Crippen molar-refractivity contribution in [2.45, 2.75) is 44.3 Å². The summed E-state index contributed by atoms with van der Waals surface area (Å²) in [6.45, 7) is 0.142. The van der Waals surface area contributed by atoms with Crippen LogP contribution >= 0.6 is 0 Å². The van der Waals surface area contributed by atoms with Crippen molar-refractivity contribution in [3.63, 3.8) is 0 Å². The lowest BCUT2D eigenvalue weighted by molar-refractivity contribution is -0.165. The Hall–Kier alpha value is -1.29. The molecular weight excluding hydrogens is 261 g/mol. The number of hydrogen-bond donors (Lipinski definition) is 1. The molecule has 0 saturated carbocycles. The van der Waals surface area contributed by atoms with Crippen LogP contribution in [0, 0.1) is 17.2 Å². The maximum absolute atomic E-state index is 12.6. The minimum Gasteiger partial charge on any atom is -0.481 e. The Morgan fingerprint density at radius 3 is 2.68 bits per heavy atom. The van der Waals surface area contributed by atoms with E-state index in [9.17, 15) is 18.0 Å². The third-order valence-corrected chi connectivity index (χ3v) is 3.41. The van der Waals surface area contributed by atoms with Crippen LogP contribution in [0.25, 0.3) is 0 Å². The summed E-state index contributed by atoms with van der Waals surface area (Å²) in [6.07, 6.45) is -1.85. The zero-order valence-corrected chi connectivity index (χ0v) is 10.5. The number of piperidine rings is 1. The first-order valence-electron chi connectivity index (χ1n) is 6.26. The summed E-state index contributed by atoms with van der Waals surface area (Å²) in [6, 6.07) is 1.13. The van der Waals surface area contributed by atoms with Gasteiger partial charge in [-0.3, -0.25) is 9.69 Å². The third kappa shape index (κ3) is 5.07. The van der Waals surface area contributed by atoms with Gasteiger partial charge in [-0.25, -0.2) is 0 Å². The highest BCUT2D eigenvalue weighted by Gasteiger charge is 2.42. The molecule has 2 unspecified atom stereocenters. The molecular formula is C12H17F3N2O2. The van der Waals surface area contributed by atoms with Crippen molar-refractivity contribution in [1.29, 1.82) is 5.26 Å². The first kappa shape index (κ1) is 15.8. The fraction of sp³-hybridized carbons (Fsp3) is 0.833. The van der Waals surface area contributed by atoms with Gasteiger partial charge in [-0.1, -0.05) is 6.42 Å². The Kier molecular flexibility index (Phi) is 5.60. The monoisotopic (exact) mass is 278 g/mol. The van der Waals surface area contributed by atoms with Crippen molar-refractivity contribution in [1.82, 2.24) is 4.90 Å². The molecule has 1 heterocycles. The topological polar surface area (TPSA) is 64.3 Å². The molecule has 2 atom stereocenters. The summed E-state index contributed by atoms with van der Waals surface area (Å²) in [5, 5.41) is 17.2. The van der Waals surface area contributed by atoms with Gasteiger partial charge in [0.25, 0.3) is 0 Å². The Morgan fingerprint density at radius 2 is 2.16 bits per heavy atom. The van der Waals surface area contributed by atoms with Crippen LogP contribution in [0.4, 0.5) is 13.2 Å². The molecule has 0 amide bonds. The summed E-state index contributed by atoms with van der Waals surface area (Å²) in [7, 11) is 0. The molecule has 108 valence electrons. The van der Waals surface area contributed by atoms with Crippen molar-refractivity contribution in [3.05, 3.63) is 0 Å². The van der Waals surface area contributed by atoms with E-state index in [0.717, 1.165) is 12.8 Å². The van der Waals surface area contributed by atoms with Crippen molar-refractivity contribution < 1.29 is 23.1 Å². The van der Waals surface area contributed by atoms with E-state index in [-0.39, 0.29) is 19.0 Å². The second-order valence-electron chi connectivity index (χ2n) is 4.80. The van der Waals surface area contributed by atoms with Crippen LogP contribution in [0.5, 0.6) is 0 Å². The van der Waals surface area contributed by atoms with E-state index in [2.05, 4.69) is 0 Å². The number of nitriles is 1. The average Bonchev–Trinajstić information content (AvgIpc) is 2.33. The molecule has 0 bridgehead atoms. The summed E-state index contributed by atoms with van der Waals surface area (Å²) in [4.78, 5) is 12.2. The lowest BCUT2D eigenvalue weighted by atomic mass is 9.96. The first-order chi connectivity index (χ1) is 8.84. The number of carbonyl (C=O) groups is 1. The summed E-state index contributed by atoms with van der Waals surface area (Å²) in [5.74, 6) is -2.95. The second-order valence-corrected chi connectivity index (χ2v) is 4.80. The van der Waals surface area contributed by atoms with Crippen LogP contribution in [0.15, 0.2) is 0 Å². The van der Waals surface area contributed by atoms with Crippen LogP contribution in [0.3, 0.4) is 0 Å². The van der Waals surface area contributed by atoms with Gasteiger partial charge >= 0.3 is 12.1 Å². The van der Waals surface area contributed by atoms with E-state index in [4.69, 9.17) is 10.4 Å². The van der Waals surface area contributed by atoms with Crippen molar-refractivity contribution in [2.24, 2.45) is 5.92 Å². The molecule has 0 aliphatic carbocycles. The van der Waals surface area contributed by atoms with E-state index < -0.39 is 18.1 Å². The lowest BCUT2D eigenvalue weighted by Crippen LogP contribution is -2.45. The molecule has 0 aromatic heterocycles. The average molecular weight is 278 g/mol. The number of likely N-dealkylation sites (tertiary alicyclic amines) is 1. The SMILES string of the molecule is N#CC(CN1CCCCC1CCC(=O)O)C(F)(F)F. The van der Waals surface area contributed by atoms with Crippen molar-refractivity contribution in [2.75, 3.05) is 13.1 Å². The Bertz CT molecular complexity index is 352. The van der Waals surface area contributed by atoms with Gasteiger partial charge in [0.2, 0.25) is 0 Å². The number of carboxylic acids is 1. The standard InChI is InChI=1S/C12H17F3N2O2/c13-12(14,15)9(7-16)8-17-6-2-1-3-10(17)4-5-11(18)19/h9-10H,1-6,8H2,(H,18,19). The molecule has 7 heteroatoms. The molecule has 0 aromatic carbocycles. The number of hydrogen-bond acceptors (Lipinski definition) is 3. The Balaban J connectivity index is 2.61. The second kappa shape index (κ2) is 6.75. The molecule has 4 nitrogen and oxygen atoms in total. The summed E-state index contributed by atoms with van der Waals surface area (Å²) >= 11 is 0. The van der Waals surface area contributed by atoms with Crippen LogP contribution in [0.1, 0.15) is 32.1 Å². The van der Waals surface area contributed by atoms with Gasteiger partial charge in [-0.2, -0.15) is 18.4 Å². The molecule has 0 spiro atoms. The zero-order valence-electron chi connectivity index (χ0n) is 10.5. The fourth-order valence-corrected chi connectivity index (χ4v) is 2.37. The van der Waals surface area contributed by atoms with Crippen LogP contribution in [0.2, 0.25) is 0 Å². The van der Waals surface area contributed by atoms with Crippen LogP contribution in [-0.4, -0.2) is 41.3 Å². The molecule has 1 N–H and O–H groups in total. The first-order valence-corrected chi connectivity index (χ1v) is 6.26. The van der Waals surface area contributed by atoms with Gasteiger partial charge in [-0.05, 0) is 25.8 Å². The van der Waals surface area contributed by atoms with Crippen LogP contribution in [-0.2, 0) is 4.79 Å². The van der Waals surface area contributed by atoms with Crippen molar-refractivity contribution in [3.8, 4) is 6.07 Å². The molecule has 1 aliphatic rings. The smallest absolute Gasteiger partial charge is 0.405 e. The highest BCUT2D eigenvalue weighted by Crippen LogP contribution is 2.29. The predicted molar refractivity (Wildman–Crippen MR) is 61.2 cm³/mol. The summed E-state index contributed by atoms with van der Waals surface area (Å²) in [5.41, 5.74) is 0. The minimum atomic E-state index is -4.52. The van der Waals surface area contributed by atoms with E-state index in [1.807, 2.05) is 0 Å². The molecule has 1 saturated heterocycles. The van der Waals surface area contributed by atoms with Gasteiger partial charge in [0.15, 0.2) is 5.92 Å². The summed E-state index contributed by atoms with van der Waals surface area (Å²) < 4.78 is 37.7. The molecule has 19 heavy (non-hydrogen) atoms. The minimum absolute atomic E-state index is 0.0512. The number of nitrogens with zero attached hydrogens (tertiary/aromatic N) is 2. The van der Waals surface area contributed by atoms with Gasteiger partial charge in [0.1, 0.15) is 0 Å². The maximum atomic E-state index is 12.6. The third-order valence-electron chi connectivity index (χ3n) is 3.41. The fourth-order valence-electron chi connectivity index (χ4n) is 2.37. The number of rotatable bonds is 5. The largest absolute Gasteiger partial charge is 0.481 e. The van der Waals surface area contributed by atoms with Crippen LogP contribution < -0.4 is 0 Å². The number of halogens is 3.